The van der Waals surface area contributed by atoms with Gasteiger partial charge in [-0.1, -0.05) is 43.7 Å². The number of ketones is 1. The van der Waals surface area contributed by atoms with Crippen LogP contribution >= 0.6 is 11.6 Å². The van der Waals surface area contributed by atoms with Crippen molar-refractivity contribution in [3.05, 3.63) is 77.0 Å². The Morgan fingerprint density at radius 2 is 1.82 bits per heavy atom. The summed E-state index contributed by atoms with van der Waals surface area (Å²) >= 11 is 5.92. The van der Waals surface area contributed by atoms with Gasteiger partial charge in [-0.3, -0.25) is 4.79 Å². The summed E-state index contributed by atoms with van der Waals surface area (Å²) in [5.41, 5.74) is 1.70. The number of urea groups is 1. The number of Topliss-reactive ketones (excluding diaryl/α,β-unsaturated/α-hetero) is 1. The number of carbonyl (C=O) groups is 2. The van der Waals surface area contributed by atoms with Crippen LogP contribution in [-0.2, 0) is 0 Å². The number of hydrogen-bond donors (Lipinski definition) is 2. The number of halogens is 1. The summed E-state index contributed by atoms with van der Waals surface area (Å²) in [6, 6.07) is 13.2. The highest BCUT2D eigenvalue weighted by molar-refractivity contribution is 6.30. The van der Waals surface area contributed by atoms with Crippen molar-refractivity contribution in [1.29, 1.82) is 0 Å². The molecule has 1 aliphatic rings. The van der Waals surface area contributed by atoms with Crippen LogP contribution in [0, 0.1) is 5.92 Å². The second-order valence-electron chi connectivity index (χ2n) is 6.72. The van der Waals surface area contributed by atoms with Gasteiger partial charge in [-0.15, -0.1) is 0 Å². The molecule has 0 aromatic heterocycles. The molecule has 2 aromatic rings. The van der Waals surface area contributed by atoms with Crippen LogP contribution in [0.5, 0.6) is 5.75 Å². The van der Waals surface area contributed by atoms with Crippen LogP contribution < -0.4 is 15.4 Å². The van der Waals surface area contributed by atoms with Crippen molar-refractivity contribution in [2.45, 2.75) is 25.8 Å². The van der Waals surface area contributed by atoms with E-state index in [4.69, 9.17) is 16.3 Å². The molecule has 2 N–H and O–H groups in total. The Labute approximate surface area is 169 Å². The molecule has 0 saturated carbocycles. The van der Waals surface area contributed by atoms with Crippen LogP contribution in [0.4, 0.5) is 4.79 Å². The molecule has 2 amide bonds. The van der Waals surface area contributed by atoms with Gasteiger partial charge in [0.2, 0.25) is 0 Å². The van der Waals surface area contributed by atoms with Crippen molar-refractivity contribution in [3.8, 4) is 5.75 Å². The van der Waals surface area contributed by atoms with Crippen LogP contribution in [0.15, 0.2) is 60.8 Å². The van der Waals surface area contributed by atoms with Gasteiger partial charge < -0.3 is 15.4 Å². The summed E-state index contributed by atoms with van der Waals surface area (Å²) in [5.74, 6) is -0.00922. The molecule has 2 aromatic carbocycles. The van der Waals surface area contributed by atoms with Crippen molar-refractivity contribution in [2.24, 2.45) is 5.92 Å². The van der Waals surface area contributed by atoms with Gasteiger partial charge in [-0.05, 0) is 48.4 Å². The van der Waals surface area contributed by atoms with Crippen LogP contribution in [0.1, 0.15) is 41.7 Å². The third kappa shape index (κ3) is 4.54. The summed E-state index contributed by atoms with van der Waals surface area (Å²) in [6.45, 7) is 6.68. The van der Waals surface area contributed by atoms with E-state index < -0.39 is 12.0 Å². The molecule has 5 nitrogen and oxygen atoms in total. The third-order valence-corrected chi connectivity index (χ3v) is 4.94. The second kappa shape index (κ2) is 8.93. The van der Waals surface area contributed by atoms with Crippen molar-refractivity contribution in [3.63, 3.8) is 0 Å². The molecule has 1 aliphatic heterocycles. The van der Waals surface area contributed by atoms with Gasteiger partial charge in [0.05, 0.1) is 18.6 Å². The number of hydrogen-bond acceptors (Lipinski definition) is 3. The number of rotatable bonds is 7. The first kappa shape index (κ1) is 20.0. The first-order chi connectivity index (χ1) is 13.5. The zero-order chi connectivity index (χ0) is 20.1. The molecule has 0 bridgehead atoms. The summed E-state index contributed by atoms with van der Waals surface area (Å²) in [4.78, 5) is 25.1. The van der Waals surface area contributed by atoms with E-state index in [0.29, 0.717) is 22.9 Å². The van der Waals surface area contributed by atoms with Gasteiger partial charge >= 0.3 is 6.03 Å². The summed E-state index contributed by atoms with van der Waals surface area (Å²) in [6.07, 6.45) is 2.05. The number of unbranched alkanes of at least 4 members (excludes halogenated alkanes) is 1. The van der Waals surface area contributed by atoms with Crippen LogP contribution in [-0.4, -0.2) is 18.4 Å². The highest BCUT2D eigenvalue weighted by Crippen LogP contribution is 2.33. The quantitative estimate of drug-likeness (QED) is 0.515. The Bertz CT molecular complexity index is 862. The molecular formula is C22H23ClN2O3. The maximum Gasteiger partial charge on any atom is 0.319 e. The Hall–Kier alpha value is -2.79. The summed E-state index contributed by atoms with van der Waals surface area (Å²) < 4.78 is 5.69. The number of nitrogens with one attached hydrogen (secondary N) is 2. The molecule has 28 heavy (non-hydrogen) atoms. The summed E-state index contributed by atoms with van der Waals surface area (Å²) in [5, 5.41) is 6.03. The predicted molar refractivity (Wildman–Crippen MR) is 110 cm³/mol. The number of carbonyl (C=O) groups excluding carboxylic acids is 2. The number of benzene rings is 2. The first-order valence-corrected chi connectivity index (χ1v) is 9.66. The van der Waals surface area contributed by atoms with Crippen molar-refractivity contribution >= 4 is 23.4 Å². The van der Waals surface area contributed by atoms with E-state index in [0.717, 1.165) is 24.2 Å². The molecule has 0 unspecified atom stereocenters. The molecule has 0 aliphatic carbocycles. The molecule has 0 radical (unpaired) electrons. The van der Waals surface area contributed by atoms with Gasteiger partial charge in [-0.2, -0.15) is 0 Å². The number of amides is 2. The zero-order valence-electron chi connectivity index (χ0n) is 15.7. The molecule has 3 rings (SSSR count). The Kier molecular flexibility index (Phi) is 6.37. The van der Waals surface area contributed by atoms with Crippen molar-refractivity contribution < 1.29 is 14.3 Å². The SMILES string of the molecule is C=C1NC(=O)N[C@H](c2ccc(OCCCC)cc2)[C@H]1C(=O)c1ccc(Cl)cc1. The van der Waals surface area contributed by atoms with E-state index in [1.165, 1.54) is 0 Å². The lowest BCUT2D eigenvalue weighted by atomic mass is 9.83. The van der Waals surface area contributed by atoms with Crippen LogP contribution in [0.2, 0.25) is 5.02 Å². The lowest BCUT2D eigenvalue weighted by molar-refractivity contribution is 0.0905. The standard InChI is InChI=1S/C22H23ClN2O3/c1-3-4-13-28-18-11-7-15(8-12-18)20-19(14(2)24-22(27)25-20)21(26)16-5-9-17(23)10-6-16/h5-12,19-20H,2-4,13H2,1H3,(H2,24,25,27)/t19-,20+/m0/s1. The fourth-order valence-corrected chi connectivity index (χ4v) is 3.30. The normalized spacial score (nSPS) is 18.9. The van der Waals surface area contributed by atoms with E-state index in [1.54, 1.807) is 24.3 Å². The lowest BCUT2D eigenvalue weighted by Crippen LogP contribution is -2.50. The Balaban J connectivity index is 1.85. The Morgan fingerprint density at radius 3 is 2.46 bits per heavy atom. The largest absolute Gasteiger partial charge is 0.494 e. The van der Waals surface area contributed by atoms with Gasteiger partial charge in [0.15, 0.2) is 5.78 Å². The van der Waals surface area contributed by atoms with Crippen LogP contribution in [0.25, 0.3) is 0 Å². The predicted octanol–water partition coefficient (Wildman–Crippen LogP) is 4.89. The zero-order valence-corrected chi connectivity index (χ0v) is 16.5. The number of ether oxygens (including phenoxy) is 1. The minimum atomic E-state index is -0.634. The van der Waals surface area contributed by atoms with E-state index in [-0.39, 0.29) is 11.8 Å². The maximum absolute atomic E-state index is 13.1. The summed E-state index contributed by atoms with van der Waals surface area (Å²) in [7, 11) is 0. The average molecular weight is 399 g/mol. The second-order valence-corrected chi connectivity index (χ2v) is 7.16. The molecule has 6 heteroatoms. The van der Waals surface area contributed by atoms with Crippen LogP contribution in [0.3, 0.4) is 0 Å². The third-order valence-electron chi connectivity index (χ3n) is 4.69. The minimum Gasteiger partial charge on any atom is -0.494 e. The van der Waals surface area contributed by atoms with Gasteiger partial charge in [0, 0.05) is 16.3 Å². The molecule has 1 saturated heterocycles. The molecule has 1 heterocycles. The molecule has 2 atom stereocenters. The van der Waals surface area contributed by atoms with Gasteiger partial charge in [-0.25, -0.2) is 4.79 Å². The first-order valence-electron chi connectivity index (χ1n) is 9.28. The van der Waals surface area contributed by atoms with Gasteiger partial charge in [0.25, 0.3) is 0 Å². The highest BCUT2D eigenvalue weighted by atomic mass is 35.5. The molecule has 146 valence electrons. The minimum absolute atomic E-state index is 0.137. The van der Waals surface area contributed by atoms with E-state index in [9.17, 15) is 9.59 Å². The van der Waals surface area contributed by atoms with Crippen molar-refractivity contribution in [1.82, 2.24) is 10.6 Å². The Morgan fingerprint density at radius 1 is 1.14 bits per heavy atom. The van der Waals surface area contributed by atoms with Crippen molar-refractivity contribution in [2.75, 3.05) is 6.61 Å². The fraction of sp³-hybridized carbons (Fsp3) is 0.273. The van der Waals surface area contributed by atoms with E-state index in [1.807, 2.05) is 24.3 Å². The fourth-order valence-electron chi connectivity index (χ4n) is 3.17. The van der Waals surface area contributed by atoms with E-state index in [2.05, 4.69) is 24.1 Å². The molecule has 1 fully saturated rings. The van der Waals surface area contributed by atoms with Gasteiger partial charge in [0.1, 0.15) is 5.75 Å². The lowest BCUT2D eigenvalue weighted by Gasteiger charge is -2.34. The average Bonchev–Trinajstić information content (AvgIpc) is 2.68. The molecule has 0 spiro atoms. The smallest absolute Gasteiger partial charge is 0.319 e. The highest BCUT2D eigenvalue weighted by Gasteiger charge is 2.38. The topological polar surface area (TPSA) is 67.4 Å². The van der Waals surface area contributed by atoms with E-state index >= 15 is 0 Å². The maximum atomic E-state index is 13.1. The monoisotopic (exact) mass is 398 g/mol. The molecular weight excluding hydrogens is 376 g/mol.